The predicted molar refractivity (Wildman–Crippen MR) is 80.2 cm³/mol. The van der Waals surface area contributed by atoms with Gasteiger partial charge < -0.3 is 9.73 Å². The molecule has 1 heterocycles. The molecule has 0 bridgehead atoms. The van der Waals surface area contributed by atoms with Gasteiger partial charge in [-0.2, -0.15) is 0 Å². The minimum atomic E-state index is -0.216. The molecule has 0 fully saturated rings. The fraction of sp³-hybridized carbons (Fsp3) is 0.312. The van der Waals surface area contributed by atoms with Crippen LogP contribution < -0.4 is 5.32 Å². The Morgan fingerprint density at radius 1 is 1.25 bits per heavy atom. The fourth-order valence-corrected chi connectivity index (χ4v) is 2.18. The quantitative estimate of drug-likeness (QED) is 0.829. The van der Waals surface area contributed by atoms with Crippen LogP contribution in [0.5, 0.6) is 0 Å². The van der Waals surface area contributed by atoms with Crippen molar-refractivity contribution >= 4 is 17.5 Å². The van der Waals surface area contributed by atoms with Crippen molar-refractivity contribution in [1.29, 1.82) is 0 Å². The highest BCUT2D eigenvalue weighted by molar-refractivity contribution is 6.18. The molecule has 0 saturated carbocycles. The molecular formula is C16H18ClNO2. The van der Waals surface area contributed by atoms with Gasteiger partial charge in [0.2, 0.25) is 0 Å². The van der Waals surface area contributed by atoms with Crippen LogP contribution in [0.4, 0.5) is 0 Å². The molecular weight excluding hydrogens is 274 g/mol. The van der Waals surface area contributed by atoms with Crippen molar-refractivity contribution in [3.05, 3.63) is 59.5 Å². The summed E-state index contributed by atoms with van der Waals surface area (Å²) in [4.78, 5) is 12.1. The largest absolute Gasteiger partial charge is 0.456 e. The second kappa shape index (κ2) is 7.15. The lowest BCUT2D eigenvalue weighted by molar-refractivity contribution is 0.0911. The Hall–Kier alpha value is -1.74. The molecule has 2 aromatic rings. The first kappa shape index (κ1) is 14.7. The van der Waals surface area contributed by atoms with E-state index in [9.17, 15) is 4.79 Å². The molecule has 2 rings (SSSR count). The van der Waals surface area contributed by atoms with E-state index in [0.717, 1.165) is 17.7 Å². The van der Waals surface area contributed by atoms with Crippen molar-refractivity contribution in [2.45, 2.75) is 25.8 Å². The fourth-order valence-electron chi connectivity index (χ4n) is 1.99. The summed E-state index contributed by atoms with van der Waals surface area (Å²) in [6.07, 6.45) is 1.48. The molecule has 106 valence electrons. The van der Waals surface area contributed by atoms with E-state index in [1.165, 1.54) is 0 Å². The number of aryl methyl sites for hydroxylation is 1. The van der Waals surface area contributed by atoms with E-state index < -0.39 is 0 Å². The van der Waals surface area contributed by atoms with Crippen LogP contribution in [-0.2, 0) is 12.8 Å². The summed E-state index contributed by atoms with van der Waals surface area (Å²) in [7, 11) is 0. The van der Waals surface area contributed by atoms with Crippen molar-refractivity contribution in [2.75, 3.05) is 5.88 Å². The Morgan fingerprint density at radius 3 is 2.60 bits per heavy atom. The summed E-state index contributed by atoms with van der Waals surface area (Å²) in [5, 5.41) is 2.90. The van der Waals surface area contributed by atoms with E-state index in [-0.39, 0.29) is 11.9 Å². The van der Waals surface area contributed by atoms with Gasteiger partial charge in [0.15, 0.2) is 5.76 Å². The average Bonchev–Trinajstić information content (AvgIpc) is 2.96. The van der Waals surface area contributed by atoms with Crippen molar-refractivity contribution in [3.63, 3.8) is 0 Å². The lowest BCUT2D eigenvalue weighted by Gasteiger charge is -2.15. The molecule has 3 nitrogen and oxygen atoms in total. The molecule has 1 aromatic heterocycles. The number of furan rings is 1. The van der Waals surface area contributed by atoms with Crippen LogP contribution in [0.2, 0.25) is 0 Å². The second-order valence-electron chi connectivity index (χ2n) is 4.63. The number of amides is 1. The summed E-state index contributed by atoms with van der Waals surface area (Å²) >= 11 is 5.94. The number of hydrogen-bond donors (Lipinski definition) is 1. The zero-order valence-corrected chi connectivity index (χ0v) is 12.2. The Balaban J connectivity index is 1.97. The number of carbonyl (C=O) groups is 1. The van der Waals surface area contributed by atoms with Gasteiger partial charge in [-0.3, -0.25) is 4.79 Å². The molecule has 4 heteroatoms. The van der Waals surface area contributed by atoms with Gasteiger partial charge in [0.05, 0.1) is 0 Å². The maximum Gasteiger partial charge on any atom is 0.287 e. The highest BCUT2D eigenvalue weighted by Gasteiger charge is 2.16. The average molecular weight is 292 g/mol. The van der Waals surface area contributed by atoms with Crippen LogP contribution in [0.1, 0.15) is 28.8 Å². The SMILES string of the molecule is CCc1ccc(C(=O)NC(CCl)Cc2ccccc2)o1. The molecule has 0 aliphatic heterocycles. The van der Waals surface area contributed by atoms with Gasteiger partial charge in [-0.25, -0.2) is 0 Å². The summed E-state index contributed by atoms with van der Waals surface area (Å²) in [6, 6.07) is 13.4. The van der Waals surface area contributed by atoms with Gasteiger partial charge in [0, 0.05) is 18.3 Å². The maximum atomic E-state index is 12.1. The Morgan fingerprint density at radius 2 is 2.00 bits per heavy atom. The normalized spacial score (nSPS) is 12.1. The number of nitrogens with one attached hydrogen (secondary N) is 1. The summed E-state index contributed by atoms with van der Waals surface area (Å²) in [6.45, 7) is 1.98. The van der Waals surface area contributed by atoms with E-state index in [4.69, 9.17) is 16.0 Å². The number of alkyl halides is 1. The third-order valence-corrected chi connectivity index (χ3v) is 3.45. The van der Waals surface area contributed by atoms with Gasteiger partial charge in [0.25, 0.3) is 5.91 Å². The number of carbonyl (C=O) groups excluding carboxylic acids is 1. The van der Waals surface area contributed by atoms with E-state index >= 15 is 0 Å². The number of hydrogen-bond acceptors (Lipinski definition) is 2. The summed E-state index contributed by atoms with van der Waals surface area (Å²) in [5.74, 6) is 1.29. The molecule has 0 radical (unpaired) electrons. The lowest BCUT2D eigenvalue weighted by atomic mass is 10.1. The van der Waals surface area contributed by atoms with Gasteiger partial charge in [-0.1, -0.05) is 37.3 Å². The zero-order valence-electron chi connectivity index (χ0n) is 11.4. The molecule has 0 aliphatic rings. The van der Waals surface area contributed by atoms with E-state index in [1.807, 2.05) is 43.3 Å². The number of rotatable bonds is 6. The standard InChI is InChI=1S/C16H18ClNO2/c1-2-14-8-9-15(20-14)16(19)18-13(11-17)10-12-6-4-3-5-7-12/h3-9,13H,2,10-11H2,1H3,(H,18,19). The molecule has 0 saturated heterocycles. The van der Waals surface area contributed by atoms with Gasteiger partial charge >= 0.3 is 0 Å². The predicted octanol–water partition coefficient (Wildman–Crippen LogP) is 3.42. The van der Waals surface area contributed by atoms with Crippen LogP contribution >= 0.6 is 11.6 Å². The zero-order chi connectivity index (χ0) is 14.4. The molecule has 1 unspecified atom stereocenters. The van der Waals surface area contributed by atoms with Gasteiger partial charge in [-0.05, 0) is 24.1 Å². The van der Waals surface area contributed by atoms with Crippen molar-refractivity contribution in [1.82, 2.24) is 5.32 Å². The number of benzene rings is 1. The van der Waals surface area contributed by atoms with Crippen LogP contribution in [0, 0.1) is 0 Å². The Kier molecular flexibility index (Phi) is 5.24. The first-order chi connectivity index (χ1) is 9.72. The highest BCUT2D eigenvalue weighted by atomic mass is 35.5. The van der Waals surface area contributed by atoms with E-state index in [1.54, 1.807) is 6.07 Å². The van der Waals surface area contributed by atoms with Crippen molar-refractivity contribution in [2.24, 2.45) is 0 Å². The van der Waals surface area contributed by atoms with Gasteiger partial charge in [-0.15, -0.1) is 11.6 Å². The maximum absolute atomic E-state index is 12.1. The third kappa shape index (κ3) is 3.87. The summed E-state index contributed by atoms with van der Waals surface area (Å²) < 4.78 is 5.44. The Labute approximate surface area is 123 Å². The van der Waals surface area contributed by atoms with Gasteiger partial charge in [0.1, 0.15) is 5.76 Å². The topological polar surface area (TPSA) is 42.2 Å². The van der Waals surface area contributed by atoms with Crippen LogP contribution in [0.15, 0.2) is 46.9 Å². The molecule has 0 aliphatic carbocycles. The van der Waals surface area contributed by atoms with Crippen molar-refractivity contribution < 1.29 is 9.21 Å². The first-order valence-corrected chi connectivity index (χ1v) is 7.25. The minimum absolute atomic E-state index is 0.109. The van der Waals surface area contributed by atoms with E-state index in [2.05, 4.69) is 5.32 Å². The lowest BCUT2D eigenvalue weighted by Crippen LogP contribution is -2.37. The second-order valence-corrected chi connectivity index (χ2v) is 4.94. The highest BCUT2D eigenvalue weighted by Crippen LogP contribution is 2.10. The molecule has 1 atom stereocenters. The minimum Gasteiger partial charge on any atom is -0.456 e. The molecule has 1 N–H and O–H groups in total. The first-order valence-electron chi connectivity index (χ1n) is 6.72. The molecule has 1 amide bonds. The van der Waals surface area contributed by atoms with Crippen molar-refractivity contribution in [3.8, 4) is 0 Å². The van der Waals surface area contributed by atoms with E-state index in [0.29, 0.717) is 18.1 Å². The Bertz CT molecular complexity index is 551. The summed E-state index contributed by atoms with van der Waals surface area (Å²) in [5.41, 5.74) is 1.15. The smallest absolute Gasteiger partial charge is 0.287 e. The molecule has 1 aromatic carbocycles. The third-order valence-electron chi connectivity index (χ3n) is 3.08. The van der Waals surface area contributed by atoms with Crippen LogP contribution in [0.25, 0.3) is 0 Å². The monoisotopic (exact) mass is 291 g/mol. The molecule has 20 heavy (non-hydrogen) atoms. The van der Waals surface area contributed by atoms with Crippen LogP contribution in [-0.4, -0.2) is 17.8 Å². The number of halogens is 1. The molecule has 0 spiro atoms. The van der Waals surface area contributed by atoms with Crippen LogP contribution in [0.3, 0.4) is 0 Å².